The molecule has 86 valence electrons. The van der Waals surface area contributed by atoms with E-state index in [1.54, 1.807) is 6.26 Å². The summed E-state index contributed by atoms with van der Waals surface area (Å²) in [5.41, 5.74) is -0.318. The van der Waals surface area contributed by atoms with Crippen molar-refractivity contribution in [2.24, 2.45) is 0 Å². The van der Waals surface area contributed by atoms with Gasteiger partial charge in [-0.1, -0.05) is 0 Å². The van der Waals surface area contributed by atoms with Crippen molar-refractivity contribution in [2.45, 2.75) is 4.58 Å². The summed E-state index contributed by atoms with van der Waals surface area (Å²) in [6.45, 7) is 6.64. The number of hydrogen-bond acceptors (Lipinski definition) is 2. The lowest BCUT2D eigenvalue weighted by molar-refractivity contribution is 0.594. The van der Waals surface area contributed by atoms with E-state index in [0.29, 0.717) is 0 Å². The van der Waals surface area contributed by atoms with E-state index in [9.17, 15) is 13.0 Å². The molecule has 0 aromatic heterocycles. The monoisotopic (exact) mass is 261 g/mol. The lowest BCUT2D eigenvalue weighted by atomic mass is 10.2. The molecule has 0 spiro atoms. The van der Waals surface area contributed by atoms with Gasteiger partial charge in [-0.3, -0.25) is 4.21 Å². The maximum Gasteiger partial charge on any atom is 0.224 e. The predicted molar refractivity (Wildman–Crippen MR) is 62.9 cm³/mol. The summed E-state index contributed by atoms with van der Waals surface area (Å²) in [5.74, 6) is -1.47. The van der Waals surface area contributed by atoms with Crippen LogP contribution < -0.4 is 0 Å². The minimum atomic E-state index is -1.30. The molecule has 0 aliphatic rings. The minimum absolute atomic E-state index is 0.0400. The topological polar surface area (TPSA) is 21.4 Å². The third kappa shape index (κ3) is 2.60. The van der Waals surface area contributed by atoms with Crippen LogP contribution in [0.3, 0.4) is 0 Å². The second-order valence-electron chi connectivity index (χ2n) is 3.00. The molecule has 0 aliphatic heterocycles. The molecule has 6 heteroatoms. The highest BCUT2D eigenvalue weighted by molar-refractivity contribution is 8.10. The van der Waals surface area contributed by atoms with E-state index in [1.165, 1.54) is 18.0 Å². The van der Waals surface area contributed by atoms with E-state index in [1.807, 2.05) is 0 Å². The molecule has 0 N–H and O–H groups in total. The highest BCUT2D eigenvalue weighted by atomic mass is 32.2. The molecule has 0 saturated heterocycles. The van der Waals surface area contributed by atoms with Gasteiger partial charge >= 0.3 is 0 Å². The molecule has 0 amide bonds. The van der Waals surface area contributed by atoms with Crippen LogP contribution in [0.4, 0.5) is 14.5 Å². The zero-order chi connectivity index (χ0) is 12.3. The van der Waals surface area contributed by atoms with E-state index < -0.39 is 27.0 Å². The number of benzene rings is 1. The quantitative estimate of drug-likeness (QED) is 0.779. The Labute approximate surface area is 99.3 Å². The first-order valence-electron chi connectivity index (χ1n) is 4.22. The Kier molecular flexibility index (Phi) is 4.44. The normalized spacial score (nSPS) is 14.2. The molecule has 2 nitrogen and oxygen atoms in total. The van der Waals surface area contributed by atoms with E-state index >= 15 is 0 Å². The Balaban J connectivity index is 3.31. The van der Waals surface area contributed by atoms with Gasteiger partial charge < -0.3 is 0 Å². The Bertz CT molecular complexity index is 471. The second-order valence-corrected chi connectivity index (χ2v) is 5.71. The second kappa shape index (κ2) is 5.41. The number of halogens is 2. The average Bonchev–Trinajstić information content (AvgIpc) is 2.23. The molecule has 0 fully saturated rings. The van der Waals surface area contributed by atoms with E-state index in [-0.39, 0.29) is 11.3 Å². The van der Waals surface area contributed by atoms with Crippen LogP contribution in [0.1, 0.15) is 10.1 Å². The first kappa shape index (κ1) is 13.1. The van der Waals surface area contributed by atoms with Crippen molar-refractivity contribution >= 4 is 28.2 Å². The summed E-state index contributed by atoms with van der Waals surface area (Å²) in [6.07, 6.45) is 3.10. The fraction of sp³-hybridized carbons (Fsp3) is 0.300. The van der Waals surface area contributed by atoms with Gasteiger partial charge in [0.2, 0.25) is 5.69 Å². The molecule has 0 radical (unpaired) electrons. The lowest BCUT2D eigenvalue weighted by Gasteiger charge is -2.13. The van der Waals surface area contributed by atoms with E-state index in [2.05, 4.69) is 4.85 Å². The van der Waals surface area contributed by atoms with Crippen LogP contribution in [0, 0.1) is 18.2 Å². The summed E-state index contributed by atoms with van der Waals surface area (Å²) in [5, 5.41) is 0. The third-order valence-corrected chi connectivity index (χ3v) is 4.89. The maximum absolute atomic E-state index is 13.6. The van der Waals surface area contributed by atoms with Crippen molar-refractivity contribution in [1.29, 1.82) is 0 Å². The van der Waals surface area contributed by atoms with Crippen molar-refractivity contribution in [3.8, 4) is 0 Å². The molecule has 2 atom stereocenters. The molecule has 1 rings (SSSR count). The maximum atomic E-state index is 13.6. The van der Waals surface area contributed by atoms with E-state index in [0.717, 1.165) is 12.1 Å². The van der Waals surface area contributed by atoms with Crippen molar-refractivity contribution in [3.63, 3.8) is 0 Å². The van der Waals surface area contributed by atoms with Crippen LogP contribution in [0.15, 0.2) is 12.1 Å². The number of rotatable bonds is 3. The molecule has 1 aromatic rings. The highest BCUT2D eigenvalue weighted by Gasteiger charge is 2.20. The molecule has 1 aromatic carbocycles. The molecule has 0 aliphatic carbocycles. The van der Waals surface area contributed by atoms with Crippen LogP contribution in [0.2, 0.25) is 0 Å². The Hall–Kier alpha value is -0.930. The minimum Gasteiger partial charge on any atom is -0.258 e. The van der Waals surface area contributed by atoms with Gasteiger partial charge in [-0.2, -0.15) is 0 Å². The Morgan fingerprint density at radius 2 is 2.06 bits per heavy atom. The summed E-state index contributed by atoms with van der Waals surface area (Å²) in [4.78, 5) is 2.85. The molecular weight excluding hydrogens is 252 g/mol. The number of nitrogens with zero attached hydrogens (tertiary/aromatic N) is 1. The van der Waals surface area contributed by atoms with Crippen LogP contribution >= 0.6 is 11.8 Å². The van der Waals surface area contributed by atoms with Gasteiger partial charge in [-0.25, -0.2) is 13.6 Å². The van der Waals surface area contributed by atoms with Gasteiger partial charge in [0.25, 0.3) is 0 Å². The molecular formula is C10H9F2NOS2. The summed E-state index contributed by atoms with van der Waals surface area (Å²) in [7, 11) is -1.30. The average molecular weight is 261 g/mol. The van der Waals surface area contributed by atoms with Gasteiger partial charge in [0.1, 0.15) is 16.2 Å². The first-order valence-corrected chi connectivity index (χ1v) is 7.13. The van der Waals surface area contributed by atoms with Crippen LogP contribution in [-0.2, 0) is 10.8 Å². The zero-order valence-electron chi connectivity index (χ0n) is 8.66. The molecule has 2 unspecified atom stereocenters. The molecule has 0 heterocycles. The van der Waals surface area contributed by atoms with Gasteiger partial charge in [-0.15, -0.1) is 11.8 Å². The predicted octanol–water partition coefficient (Wildman–Crippen LogP) is 3.26. The zero-order valence-corrected chi connectivity index (χ0v) is 10.3. The van der Waals surface area contributed by atoms with Crippen molar-refractivity contribution in [1.82, 2.24) is 0 Å². The Morgan fingerprint density at radius 1 is 1.44 bits per heavy atom. The first-order chi connectivity index (χ1) is 7.51. The van der Waals surface area contributed by atoms with Crippen LogP contribution in [0.25, 0.3) is 4.85 Å². The van der Waals surface area contributed by atoms with Gasteiger partial charge in [0, 0.05) is 22.6 Å². The SMILES string of the molecule is [C-]#[N+]c1cc(F)c(C(SC)S(C)=O)cc1F. The smallest absolute Gasteiger partial charge is 0.224 e. The van der Waals surface area contributed by atoms with Gasteiger partial charge in [0.15, 0.2) is 0 Å². The summed E-state index contributed by atoms with van der Waals surface area (Å²) < 4.78 is 37.6. The number of thioether (sulfide) groups is 1. The summed E-state index contributed by atoms with van der Waals surface area (Å²) in [6, 6.07) is 1.79. The van der Waals surface area contributed by atoms with E-state index in [4.69, 9.17) is 6.57 Å². The fourth-order valence-corrected chi connectivity index (χ4v) is 3.32. The van der Waals surface area contributed by atoms with Crippen molar-refractivity contribution in [3.05, 3.63) is 40.7 Å². The number of hydrogen-bond donors (Lipinski definition) is 0. The van der Waals surface area contributed by atoms with Crippen molar-refractivity contribution < 1.29 is 13.0 Å². The Morgan fingerprint density at radius 3 is 2.50 bits per heavy atom. The molecule has 0 bridgehead atoms. The highest BCUT2D eigenvalue weighted by Crippen LogP contribution is 2.34. The third-order valence-electron chi connectivity index (χ3n) is 1.96. The van der Waals surface area contributed by atoms with Gasteiger partial charge in [-0.05, 0) is 18.4 Å². The fourth-order valence-electron chi connectivity index (χ4n) is 1.26. The lowest BCUT2D eigenvalue weighted by Crippen LogP contribution is -2.03. The summed E-state index contributed by atoms with van der Waals surface area (Å²) >= 11 is 1.18. The molecule has 16 heavy (non-hydrogen) atoms. The standard InChI is InChI=1S/C10H9F2NOS2/c1-13-9-5-7(11)6(4-8(9)12)10(15-2)16(3)14/h4-5,10H,2-3H3. The molecule has 0 saturated carbocycles. The van der Waals surface area contributed by atoms with Gasteiger partial charge in [0.05, 0.1) is 6.57 Å². The largest absolute Gasteiger partial charge is 0.258 e. The van der Waals surface area contributed by atoms with Crippen LogP contribution in [-0.4, -0.2) is 16.7 Å². The van der Waals surface area contributed by atoms with Crippen LogP contribution in [0.5, 0.6) is 0 Å². The van der Waals surface area contributed by atoms with Crippen molar-refractivity contribution in [2.75, 3.05) is 12.5 Å².